The first kappa shape index (κ1) is 18.1. The Morgan fingerprint density at radius 3 is 2.48 bits per heavy atom. The van der Waals surface area contributed by atoms with Crippen molar-refractivity contribution in [3.63, 3.8) is 0 Å². The Balaban J connectivity index is 1.75. The number of aliphatic carboxylic acids is 1. The largest absolute Gasteiger partial charge is 0.497 e. The molecule has 2 aromatic carbocycles. The second kappa shape index (κ2) is 7.65. The molecule has 27 heavy (non-hydrogen) atoms. The topological polar surface area (TPSA) is 91.9 Å². The van der Waals surface area contributed by atoms with Crippen molar-refractivity contribution in [1.82, 2.24) is 4.98 Å². The van der Waals surface area contributed by atoms with Crippen molar-refractivity contribution in [2.75, 3.05) is 19.1 Å². The first-order valence-electron chi connectivity index (χ1n) is 8.09. The number of benzene rings is 2. The molecule has 0 unspecified atom stereocenters. The highest BCUT2D eigenvalue weighted by Crippen LogP contribution is 2.25. The number of nitrogens with zero attached hydrogens (tertiary/aromatic N) is 1. The van der Waals surface area contributed by atoms with Gasteiger partial charge in [-0.1, -0.05) is 0 Å². The summed E-state index contributed by atoms with van der Waals surface area (Å²) in [7, 11) is 3.19. The molecule has 0 aliphatic rings. The van der Waals surface area contributed by atoms with Gasteiger partial charge in [0.05, 0.1) is 7.11 Å². The van der Waals surface area contributed by atoms with Gasteiger partial charge in [-0.3, -0.25) is 4.90 Å². The molecule has 0 aliphatic carbocycles. The summed E-state index contributed by atoms with van der Waals surface area (Å²) in [6.45, 7) is 0. The minimum atomic E-state index is -1.02. The molecular weight excluding hydrogens is 348 g/mol. The van der Waals surface area contributed by atoms with Gasteiger partial charge in [-0.2, -0.15) is 0 Å². The number of carbonyl (C=O) groups excluding carboxylic acids is 1. The average Bonchev–Trinajstić information content (AvgIpc) is 3.08. The maximum absolute atomic E-state index is 12.4. The first-order valence-corrected chi connectivity index (χ1v) is 8.09. The van der Waals surface area contributed by atoms with Gasteiger partial charge in [-0.05, 0) is 42.5 Å². The fraction of sp³-hybridized carbons (Fsp3) is 0.100. The molecule has 1 heterocycles. The fourth-order valence-corrected chi connectivity index (χ4v) is 2.57. The summed E-state index contributed by atoms with van der Waals surface area (Å²) < 4.78 is 10.5. The van der Waals surface area contributed by atoms with E-state index in [9.17, 15) is 9.59 Å². The molecule has 3 aromatic rings. The lowest BCUT2D eigenvalue weighted by Crippen LogP contribution is -2.29. The molecule has 0 radical (unpaired) electrons. The number of fused-ring (bicyclic) bond motifs is 1. The standard InChI is InChI=1S/C20H18N2O5/c1-22(14-4-6-15(26-2)7-5-14)20(25)27-16-8-9-17-13(3-10-19(23)24)12-21-18(17)11-16/h3-12,21H,1-2H3,(H,23,24)/b10-3+. The predicted molar refractivity (Wildman–Crippen MR) is 102 cm³/mol. The number of methoxy groups -OCH3 is 1. The van der Waals surface area contributed by atoms with Gasteiger partial charge in [0.25, 0.3) is 0 Å². The second-order valence-corrected chi connectivity index (χ2v) is 5.75. The number of anilines is 1. The monoisotopic (exact) mass is 366 g/mol. The van der Waals surface area contributed by atoms with Crippen LogP contribution < -0.4 is 14.4 Å². The molecule has 0 saturated heterocycles. The van der Waals surface area contributed by atoms with Crippen LogP contribution in [0.1, 0.15) is 5.56 Å². The number of ether oxygens (including phenoxy) is 2. The van der Waals surface area contributed by atoms with Gasteiger partial charge >= 0.3 is 12.1 Å². The van der Waals surface area contributed by atoms with Crippen molar-refractivity contribution in [1.29, 1.82) is 0 Å². The minimum absolute atomic E-state index is 0.378. The van der Waals surface area contributed by atoms with Gasteiger partial charge in [0.2, 0.25) is 0 Å². The lowest BCUT2D eigenvalue weighted by atomic mass is 10.1. The SMILES string of the molecule is COc1ccc(N(C)C(=O)Oc2ccc3c(/C=C/C(=O)O)c[nH]c3c2)cc1. The number of amides is 1. The third-order valence-corrected chi connectivity index (χ3v) is 4.03. The minimum Gasteiger partial charge on any atom is -0.497 e. The Morgan fingerprint density at radius 2 is 1.81 bits per heavy atom. The van der Waals surface area contributed by atoms with Crippen molar-refractivity contribution in [2.24, 2.45) is 0 Å². The molecule has 0 spiro atoms. The van der Waals surface area contributed by atoms with Gasteiger partial charge < -0.3 is 19.6 Å². The predicted octanol–water partition coefficient (Wildman–Crippen LogP) is 3.91. The van der Waals surface area contributed by atoms with Crippen LogP contribution in [0.25, 0.3) is 17.0 Å². The van der Waals surface area contributed by atoms with Crippen LogP contribution in [0, 0.1) is 0 Å². The van der Waals surface area contributed by atoms with Crippen LogP contribution in [-0.2, 0) is 4.79 Å². The summed E-state index contributed by atoms with van der Waals surface area (Å²) in [5.74, 6) is 0.0606. The number of hydrogen-bond acceptors (Lipinski definition) is 4. The van der Waals surface area contributed by atoms with E-state index >= 15 is 0 Å². The van der Waals surface area contributed by atoms with E-state index in [2.05, 4.69) is 4.98 Å². The Kier molecular flexibility index (Phi) is 5.12. The molecule has 7 heteroatoms. The number of carbonyl (C=O) groups is 2. The number of nitrogens with one attached hydrogen (secondary N) is 1. The van der Waals surface area contributed by atoms with Crippen LogP contribution in [0.15, 0.2) is 54.7 Å². The third-order valence-electron chi connectivity index (χ3n) is 4.03. The smallest absolute Gasteiger partial charge is 0.419 e. The number of hydrogen-bond donors (Lipinski definition) is 2. The normalized spacial score (nSPS) is 10.9. The Bertz CT molecular complexity index is 1000. The van der Waals surface area contributed by atoms with Crippen LogP contribution in [0.5, 0.6) is 11.5 Å². The van der Waals surface area contributed by atoms with Crippen molar-refractivity contribution < 1.29 is 24.2 Å². The molecule has 0 bridgehead atoms. The summed E-state index contributed by atoms with van der Waals surface area (Å²) in [4.78, 5) is 27.5. The summed E-state index contributed by atoms with van der Waals surface area (Å²) in [5.41, 5.74) is 2.14. The zero-order valence-electron chi connectivity index (χ0n) is 14.8. The van der Waals surface area contributed by atoms with E-state index in [1.807, 2.05) is 0 Å². The summed E-state index contributed by atoms with van der Waals surface area (Å²) in [6.07, 6.45) is 3.74. The Morgan fingerprint density at radius 1 is 1.11 bits per heavy atom. The van der Waals surface area contributed by atoms with E-state index in [0.717, 1.165) is 22.5 Å². The van der Waals surface area contributed by atoms with E-state index in [4.69, 9.17) is 14.6 Å². The van der Waals surface area contributed by atoms with Crippen LogP contribution in [0.3, 0.4) is 0 Å². The van der Waals surface area contributed by atoms with E-state index in [1.54, 1.807) is 62.8 Å². The highest BCUT2D eigenvalue weighted by Gasteiger charge is 2.14. The number of rotatable bonds is 5. The van der Waals surface area contributed by atoms with Gasteiger partial charge in [0.1, 0.15) is 11.5 Å². The maximum atomic E-state index is 12.4. The summed E-state index contributed by atoms with van der Waals surface area (Å²) in [6, 6.07) is 12.2. The van der Waals surface area contributed by atoms with E-state index in [-0.39, 0.29) is 0 Å². The maximum Gasteiger partial charge on any atom is 0.419 e. The highest BCUT2D eigenvalue weighted by molar-refractivity contribution is 5.94. The van der Waals surface area contributed by atoms with Crippen molar-refractivity contribution in [2.45, 2.75) is 0 Å². The lowest BCUT2D eigenvalue weighted by Gasteiger charge is -2.17. The number of carboxylic acid groups (broad SMARTS) is 1. The lowest BCUT2D eigenvalue weighted by molar-refractivity contribution is -0.131. The molecule has 138 valence electrons. The second-order valence-electron chi connectivity index (χ2n) is 5.75. The fourth-order valence-electron chi connectivity index (χ4n) is 2.57. The molecule has 1 aromatic heterocycles. The number of H-pyrrole nitrogens is 1. The molecule has 0 atom stereocenters. The molecular formula is C20H18N2O5. The number of aromatic nitrogens is 1. The average molecular weight is 366 g/mol. The highest BCUT2D eigenvalue weighted by atomic mass is 16.6. The van der Waals surface area contributed by atoms with Gasteiger partial charge in [-0.15, -0.1) is 0 Å². The van der Waals surface area contributed by atoms with Gasteiger partial charge in [-0.25, -0.2) is 9.59 Å². The zero-order chi connectivity index (χ0) is 19.4. The van der Waals surface area contributed by atoms with Crippen LogP contribution >= 0.6 is 0 Å². The molecule has 0 fully saturated rings. The Hall–Kier alpha value is -3.74. The molecule has 0 aliphatic heterocycles. The molecule has 1 amide bonds. The van der Waals surface area contributed by atoms with Crippen molar-refractivity contribution in [3.8, 4) is 11.5 Å². The van der Waals surface area contributed by atoms with Crippen molar-refractivity contribution >= 4 is 34.7 Å². The summed E-state index contributed by atoms with van der Waals surface area (Å²) >= 11 is 0. The van der Waals surface area contributed by atoms with Crippen LogP contribution in [0.2, 0.25) is 0 Å². The molecule has 3 rings (SSSR count). The van der Waals surface area contributed by atoms with E-state index in [1.165, 1.54) is 11.0 Å². The number of aromatic amines is 1. The number of carboxylic acids is 1. The van der Waals surface area contributed by atoms with E-state index < -0.39 is 12.1 Å². The van der Waals surface area contributed by atoms with E-state index in [0.29, 0.717) is 17.2 Å². The van der Waals surface area contributed by atoms with Crippen LogP contribution in [0.4, 0.5) is 10.5 Å². The molecule has 7 nitrogen and oxygen atoms in total. The zero-order valence-corrected chi connectivity index (χ0v) is 14.8. The quantitative estimate of drug-likeness (QED) is 0.668. The molecule has 0 saturated carbocycles. The summed E-state index contributed by atoms with van der Waals surface area (Å²) in [5, 5.41) is 9.57. The Labute approximate surface area is 155 Å². The van der Waals surface area contributed by atoms with Crippen LogP contribution in [-0.4, -0.2) is 36.3 Å². The van der Waals surface area contributed by atoms with Gasteiger partial charge in [0, 0.05) is 47.5 Å². The first-order chi connectivity index (χ1) is 13.0. The third kappa shape index (κ3) is 4.09. The molecule has 2 N–H and O–H groups in total. The van der Waals surface area contributed by atoms with Gasteiger partial charge in [0.15, 0.2) is 0 Å². The van der Waals surface area contributed by atoms with Crippen molar-refractivity contribution in [3.05, 3.63) is 60.3 Å².